The van der Waals surface area contributed by atoms with Gasteiger partial charge in [0.15, 0.2) is 0 Å². The smallest absolute Gasteiger partial charge is 0.329 e. The summed E-state index contributed by atoms with van der Waals surface area (Å²) in [5.41, 5.74) is 1.32. The number of carbonyl (C=O) groups excluding carboxylic acids is 1. The third kappa shape index (κ3) is 3.17. The quantitative estimate of drug-likeness (QED) is 0.893. The minimum absolute atomic E-state index is 0.286. The minimum atomic E-state index is -1.08. The molecule has 0 saturated carbocycles. The fourth-order valence-corrected chi connectivity index (χ4v) is 2.80. The largest absolute Gasteiger partial charge is 0.480 e. The molecule has 1 fully saturated rings. The maximum Gasteiger partial charge on any atom is 0.329 e. The standard InChI is InChI=1S/C16H22N2O3/c1-12-6-3-4-7-13(12)8-10-17-15(21)18-11-5-9-16(18,2)14(19)20/h3-4,6-7H,5,8-11H2,1-2H3,(H,17,21)(H,19,20). The molecule has 2 amide bonds. The Balaban J connectivity index is 1.91. The molecule has 1 atom stereocenters. The van der Waals surface area contributed by atoms with E-state index in [1.165, 1.54) is 16.0 Å². The van der Waals surface area contributed by atoms with E-state index in [4.69, 9.17) is 0 Å². The normalized spacial score (nSPS) is 21.3. The van der Waals surface area contributed by atoms with Crippen molar-refractivity contribution >= 4 is 12.0 Å². The number of hydrogen-bond acceptors (Lipinski definition) is 2. The number of aliphatic carboxylic acids is 1. The van der Waals surface area contributed by atoms with Crippen molar-refractivity contribution < 1.29 is 14.7 Å². The Kier molecular flexibility index (Phi) is 4.50. The first-order chi connectivity index (χ1) is 9.95. The second-order valence-electron chi connectivity index (χ2n) is 5.74. The summed E-state index contributed by atoms with van der Waals surface area (Å²) in [5, 5.41) is 12.1. The Morgan fingerprint density at radius 3 is 2.76 bits per heavy atom. The third-order valence-corrected chi connectivity index (χ3v) is 4.28. The lowest BCUT2D eigenvalue weighted by atomic mass is 10.00. The van der Waals surface area contributed by atoms with Gasteiger partial charge in [0, 0.05) is 13.1 Å². The fourth-order valence-electron chi connectivity index (χ4n) is 2.80. The Labute approximate surface area is 125 Å². The molecule has 1 aliphatic heterocycles. The first-order valence-corrected chi connectivity index (χ1v) is 7.28. The second-order valence-corrected chi connectivity index (χ2v) is 5.74. The maximum atomic E-state index is 12.2. The van der Waals surface area contributed by atoms with Crippen LogP contribution in [-0.2, 0) is 11.2 Å². The molecule has 1 aromatic carbocycles. The molecule has 1 heterocycles. The monoisotopic (exact) mass is 290 g/mol. The van der Waals surface area contributed by atoms with Crippen LogP contribution in [0.2, 0.25) is 0 Å². The molecule has 0 bridgehead atoms. The zero-order valence-corrected chi connectivity index (χ0v) is 12.6. The molecule has 5 heteroatoms. The van der Waals surface area contributed by atoms with Gasteiger partial charge < -0.3 is 15.3 Å². The summed E-state index contributed by atoms with van der Waals surface area (Å²) >= 11 is 0. The van der Waals surface area contributed by atoms with Crippen LogP contribution < -0.4 is 5.32 Å². The van der Waals surface area contributed by atoms with Crippen LogP contribution in [-0.4, -0.2) is 40.6 Å². The molecule has 1 aliphatic rings. The lowest BCUT2D eigenvalue weighted by Crippen LogP contribution is -2.54. The van der Waals surface area contributed by atoms with Crippen LogP contribution in [0.15, 0.2) is 24.3 Å². The van der Waals surface area contributed by atoms with E-state index in [0.717, 1.165) is 12.8 Å². The number of carbonyl (C=O) groups is 2. The van der Waals surface area contributed by atoms with Crippen LogP contribution in [0.5, 0.6) is 0 Å². The van der Waals surface area contributed by atoms with E-state index in [1.54, 1.807) is 6.92 Å². The number of nitrogens with zero attached hydrogens (tertiary/aromatic N) is 1. The molecule has 0 aliphatic carbocycles. The fraction of sp³-hybridized carbons (Fsp3) is 0.500. The molecular formula is C16H22N2O3. The van der Waals surface area contributed by atoms with Crippen molar-refractivity contribution in [3.8, 4) is 0 Å². The number of carboxylic acid groups (broad SMARTS) is 1. The maximum absolute atomic E-state index is 12.2. The summed E-state index contributed by atoms with van der Waals surface area (Å²) in [5.74, 6) is -0.936. The van der Waals surface area contributed by atoms with E-state index in [2.05, 4.69) is 5.32 Å². The highest BCUT2D eigenvalue weighted by Gasteiger charge is 2.45. The zero-order valence-electron chi connectivity index (χ0n) is 12.6. The molecule has 0 aromatic heterocycles. The van der Waals surface area contributed by atoms with Crippen molar-refractivity contribution in [2.45, 2.75) is 38.6 Å². The van der Waals surface area contributed by atoms with Gasteiger partial charge in [-0.05, 0) is 44.2 Å². The summed E-state index contributed by atoms with van der Waals surface area (Å²) < 4.78 is 0. The van der Waals surface area contributed by atoms with Gasteiger partial charge in [-0.2, -0.15) is 0 Å². The molecule has 0 radical (unpaired) electrons. The molecule has 2 N–H and O–H groups in total. The zero-order chi connectivity index (χ0) is 15.5. The van der Waals surface area contributed by atoms with Crippen LogP contribution in [0.1, 0.15) is 30.9 Å². The number of hydrogen-bond donors (Lipinski definition) is 2. The van der Waals surface area contributed by atoms with Gasteiger partial charge in [-0.25, -0.2) is 9.59 Å². The molecule has 1 unspecified atom stereocenters. The number of likely N-dealkylation sites (tertiary alicyclic amines) is 1. The van der Waals surface area contributed by atoms with Gasteiger partial charge in [0.25, 0.3) is 0 Å². The van der Waals surface area contributed by atoms with Crippen LogP contribution >= 0.6 is 0 Å². The van der Waals surface area contributed by atoms with Gasteiger partial charge in [0.1, 0.15) is 5.54 Å². The average molecular weight is 290 g/mol. The molecule has 5 nitrogen and oxygen atoms in total. The number of amides is 2. The first kappa shape index (κ1) is 15.4. The predicted molar refractivity (Wildman–Crippen MR) is 80.3 cm³/mol. The first-order valence-electron chi connectivity index (χ1n) is 7.28. The Hall–Kier alpha value is -2.04. The lowest BCUT2D eigenvalue weighted by Gasteiger charge is -2.31. The molecular weight excluding hydrogens is 268 g/mol. The molecule has 0 spiro atoms. The van der Waals surface area contributed by atoms with Gasteiger partial charge in [-0.15, -0.1) is 0 Å². The number of urea groups is 1. The van der Waals surface area contributed by atoms with Gasteiger partial charge in [-0.3, -0.25) is 0 Å². The van der Waals surface area contributed by atoms with Crippen molar-refractivity contribution in [2.75, 3.05) is 13.1 Å². The van der Waals surface area contributed by atoms with E-state index in [0.29, 0.717) is 19.5 Å². The number of nitrogens with one attached hydrogen (secondary N) is 1. The Morgan fingerprint density at radius 1 is 1.38 bits per heavy atom. The van der Waals surface area contributed by atoms with E-state index in [-0.39, 0.29) is 6.03 Å². The number of rotatable bonds is 4. The summed E-state index contributed by atoms with van der Waals surface area (Å²) in [6, 6.07) is 7.76. The van der Waals surface area contributed by atoms with Crippen molar-refractivity contribution in [1.82, 2.24) is 10.2 Å². The molecule has 21 heavy (non-hydrogen) atoms. The predicted octanol–water partition coefficient (Wildman–Crippen LogP) is 2.19. The van der Waals surface area contributed by atoms with Crippen molar-refractivity contribution in [3.05, 3.63) is 35.4 Å². The molecule has 1 aromatic rings. The summed E-state index contributed by atoms with van der Waals surface area (Å²) in [7, 11) is 0. The second kappa shape index (κ2) is 6.16. The van der Waals surface area contributed by atoms with Crippen molar-refractivity contribution in [2.24, 2.45) is 0 Å². The van der Waals surface area contributed by atoms with Gasteiger partial charge >= 0.3 is 12.0 Å². The van der Waals surface area contributed by atoms with Crippen LogP contribution in [0.3, 0.4) is 0 Å². The van der Waals surface area contributed by atoms with Crippen molar-refractivity contribution in [1.29, 1.82) is 0 Å². The van der Waals surface area contributed by atoms with Gasteiger partial charge in [0.2, 0.25) is 0 Å². The highest BCUT2D eigenvalue weighted by atomic mass is 16.4. The summed E-state index contributed by atoms with van der Waals surface area (Å²) in [4.78, 5) is 25.0. The highest BCUT2D eigenvalue weighted by molar-refractivity contribution is 5.86. The highest BCUT2D eigenvalue weighted by Crippen LogP contribution is 2.29. The SMILES string of the molecule is Cc1ccccc1CCNC(=O)N1CCCC1(C)C(=O)O. The number of carboxylic acids is 1. The number of aryl methyl sites for hydroxylation is 1. The Morgan fingerprint density at radius 2 is 2.10 bits per heavy atom. The van der Waals surface area contributed by atoms with Gasteiger partial charge in [0.05, 0.1) is 0 Å². The number of benzene rings is 1. The van der Waals surface area contributed by atoms with Crippen LogP contribution in [0.25, 0.3) is 0 Å². The van der Waals surface area contributed by atoms with Crippen molar-refractivity contribution in [3.63, 3.8) is 0 Å². The molecule has 1 saturated heterocycles. The minimum Gasteiger partial charge on any atom is -0.480 e. The van der Waals surface area contributed by atoms with E-state index in [1.807, 2.05) is 31.2 Å². The van der Waals surface area contributed by atoms with E-state index in [9.17, 15) is 14.7 Å². The average Bonchev–Trinajstić information content (AvgIpc) is 2.84. The van der Waals surface area contributed by atoms with Crippen LogP contribution in [0, 0.1) is 6.92 Å². The van der Waals surface area contributed by atoms with Gasteiger partial charge in [-0.1, -0.05) is 24.3 Å². The summed E-state index contributed by atoms with van der Waals surface area (Å²) in [6.45, 7) is 4.66. The molecule has 114 valence electrons. The van der Waals surface area contributed by atoms with Crippen LogP contribution in [0.4, 0.5) is 4.79 Å². The van der Waals surface area contributed by atoms with E-state index >= 15 is 0 Å². The lowest BCUT2D eigenvalue weighted by molar-refractivity contribution is -0.147. The van der Waals surface area contributed by atoms with E-state index < -0.39 is 11.5 Å². The molecule has 2 rings (SSSR count). The Bertz CT molecular complexity index is 544. The third-order valence-electron chi connectivity index (χ3n) is 4.28. The summed E-state index contributed by atoms with van der Waals surface area (Å²) in [6.07, 6.45) is 1.98. The topological polar surface area (TPSA) is 69.6 Å².